The number of rotatable bonds is 5. The number of hydrogen-bond donors (Lipinski definition) is 1. The van der Waals surface area contributed by atoms with E-state index in [0.29, 0.717) is 19.4 Å². The fourth-order valence-corrected chi connectivity index (χ4v) is 3.14. The standard InChI is InChI=1S/C16H18O3S/c1-3-19-16(18)9-8-15-14(10-11(2)20-15)12-4-6-13(17)7-5-12/h4-7,10,17H,3,8-9H2,1-2H3. The van der Waals surface area contributed by atoms with E-state index >= 15 is 0 Å². The van der Waals surface area contributed by atoms with Crippen molar-refractivity contribution in [3.8, 4) is 16.9 Å². The summed E-state index contributed by atoms with van der Waals surface area (Å²) in [7, 11) is 0. The normalized spacial score (nSPS) is 10.5. The molecular weight excluding hydrogens is 272 g/mol. The Morgan fingerprint density at radius 1 is 1.30 bits per heavy atom. The third kappa shape index (κ3) is 3.61. The maximum atomic E-state index is 11.5. The lowest BCUT2D eigenvalue weighted by atomic mass is 10.0. The van der Waals surface area contributed by atoms with Gasteiger partial charge in [0.15, 0.2) is 0 Å². The number of aryl methyl sites for hydroxylation is 2. The van der Waals surface area contributed by atoms with Crippen LogP contribution in [0.1, 0.15) is 23.1 Å². The molecule has 0 aliphatic carbocycles. The van der Waals surface area contributed by atoms with Crippen LogP contribution in [0.25, 0.3) is 11.1 Å². The van der Waals surface area contributed by atoms with Gasteiger partial charge in [-0.05, 0) is 49.6 Å². The summed E-state index contributed by atoms with van der Waals surface area (Å²) in [5.74, 6) is 0.101. The molecule has 0 fully saturated rings. The molecule has 1 N–H and O–H groups in total. The van der Waals surface area contributed by atoms with E-state index in [9.17, 15) is 9.90 Å². The van der Waals surface area contributed by atoms with Gasteiger partial charge in [0.2, 0.25) is 0 Å². The molecule has 0 spiro atoms. The Morgan fingerprint density at radius 3 is 2.65 bits per heavy atom. The quantitative estimate of drug-likeness (QED) is 0.849. The van der Waals surface area contributed by atoms with E-state index in [1.54, 1.807) is 23.5 Å². The number of hydrogen-bond acceptors (Lipinski definition) is 4. The van der Waals surface area contributed by atoms with Crippen molar-refractivity contribution in [1.29, 1.82) is 0 Å². The summed E-state index contributed by atoms with van der Waals surface area (Å²) in [6, 6.07) is 9.27. The Labute approximate surface area is 122 Å². The second kappa shape index (κ2) is 6.57. The van der Waals surface area contributed by atoms with Gasteiger partial charge in [0, 0.05) is 9.75 Å². The lowest BCUT2D eigenvalue weighted by molar-refractivity contribution is -0.143. The highest BCUT2D eigenvalue weighted by Crippen LogP contribution is 2.33. The van der Waals surface area contributed by atoms with Crippen LogP contribution in [-0.4, -0.2) is 17.7 Å². The minimum absolute atomic E-state index is 0.157. The molecule has 2 aromatic rings. The summed E-state index contributed by atoms with van der Waals surface area (Å²) in [5, 5.41) is 9.35. The Balaban J connectivity index is 2.17. The molecule has 1 aromatic carbocycles. The first-order valence-corrected chi connectivity index (χ1v) is 7.46. The maximum Gasteiger partial charge on any atom is 0.306 e. The minimum atomic E-state index is -0.157. The van der Waals surface area contributed by atoms with Crippen molar-refractivity contribution < 1.29 is 14.6 Å². The van der Waals surface area contributed by atoms with Crippen LogP contribution in [-0.2, 0) is 16.0 Å². The molecule has 0 saturated carbocycles. The largest absolute Gasteiger partial charge is 0.508 e. The predicted molar refractivity (Wildman–Crippen MR) is 81.1 cm³/mol. The first-order valence-electron chi connectivity index (χ1n) is 6.64. The second-order valence-corrected chi connectivity index (χ2v) is 5.89. The van der Waals surface area contributed by atoms with Crippen molar-refractivity contribution in [2.45, 2.75) is 26.7 Å². The van der Waals surface area contributed by atoms with Gasteiger partial charge in [-0.15, -0.1) is 11.3 Å². The van der Waals surface area contributed by atoms with Crippen molar-refractivity contribution in [3.63, 3.8) is 0 Å². The topological polar surface area (TPSA) is 46.5 Å². The van der Waals surface area contributed by atoms with Gasteiger partial charge in [-0.1, -0.05) is 12.1 Å². The lowest BCUT2D eigenvalue weighted by Crippen LogP contribution is -2.04. The molecule has 3 nitrogen and oxygen atoms in total. The molecular formula is C16H18O3S. The molecule has 2 rings (SSSR count). The van der Waals surface area contributed by atoms with Crippen LogP contribution in [0.5, 0.6) is 5.75 Å². The van der Waals surface area contributed by atoms with Crippen LogP contribution >= 0.6 is 11.3 Å². The molecule has 1 heterocycles. The smallest absolute Gasteiger partial charge is 0.306 e. The highest BCUT2D eigenvalue weighted by Gasteiger charge is 2.11. The lowest BCUT2D eigenvalue weighted by Gasteiger charge is -2.04. The summed E-state index contributed by atoms with van der Waals surface area (Å²) in [6.45, 7) is 4.30. The van der Waals surface area contributed by atoms with E-state index in [-0.39, 0.29) is 11.7 Å². The van der Waals surface area contributed by atoms with Gasteiger partial charge < -0.3 is 9.84 Å². The molecule has 0 radical (unpaired) electrons. The Hall–Kier alpha value is -1.81. The fraction of sp³-hybridized carbons (Fsp3) is 0.312. The van der Waals surface area contributed by atoms with Crippen LogP contribution in [0.15, 0.2) is 30.3 Å². The zero-order valence-electron chi connectivity index (χ0n) is 11.7. The summed E-state index contributed by atoms with van der Waals surface area (Å²) in [4.78, 5) is 13.9. The number of carbonyl (C=O) groups is 1. The van der Waals surface area contributed by atoms with Crippen LogP contribution in [0.4, 0.5) is 0 Å². The third-order valence-electron chi connectivity index (χ3n) is 2.97. The molecule has 106 valence electrons. The monoisotopic (exact) mass is 290 g/mol. The van der Waals surface area contributed by atoms with Crippen molar-refractivity contribution in [2.75, 3.05) is 6.61 Å². The van der Waals surface area contributed by atoms with E-state index in [0.717, 1.165) is 11.1 Å². The van der Waals surface area contributed by atoms with Crippen LogP contribution < -0.4 is 0 Å². The van der Waals surface area contributed by atoms with Gasteiger partial charge in [-0.25, -0.2) is 0 Å². The van der Waals surface area contributed by atoms with Gasteiger partial charge in [0.25, 0.3) is 0 Å². The molecule has 0 saturated heterocycles. The molecule has 0 aliphatic rings. The van der Waals surface area contributed by atoms with Gasteiger partial charge in [-0.2, -0.15) is 0 Å². The SMILES string of the molecule is CCOC(=O)CCc1sc(C)cc1-c1ccc(O)cc1. The number of esters is 1. The average Bonchev–Trinajstić information content (AvgIpc) is 2.79. The minimum Gasteiger partial charge on any atom is -0.508 e. The fourth-order valence-electron chi connectivity index (χ4n) is 2.08. The Bertz CT molecular complexity index is 584. The number of aromatic hydroxyl groups is 1. The summed E-state index contributed by atoms with van der Waals surface area (Å²) in [5.41, 5.74) is 2.20. The zero-order valence-corrected chi connectivity index (χ0v) is 12.5. The predicted octanol–water partition coefficient (Wildman–Crippen LogP) is 3.92. The van der Waals surface area contributed by atoms with E-state index < -0.39 is 0 Å². The first-order chi connectivity index (χ1) is 9.60. The van der Waals surface area contributed by atoms with Crippen molar-refractivity contribution in [1.82, 2.24) is 0 Å². The maximum absolute atomic E-state index is 11.5. The highest BCUT2D eigenvalue weighted by molar-refractivity contribution is 7.12. The van der Waals surface area contributed by atoms with Crippen LogP contribution in [0, 0.1) is 6.92 Å². The molecule has 0 unspecified atom stereocenters. The number of thiophene rings is 1. The van der Waals surface area contributed by atoms with Gasteiger partial charge in [0.05, 0.1) is 13.0 Å². The number of phenols is 1. The molecule has 0 aliphatic heterocycles. The molecule has 1 aromatic heterocycles. The number of ether oxygens (including phenoxy) is 1. The molecule has 0 atom stereocenters. The van der Waals surface area contributed by atoms with Gasteiger partial charge in [-0.3, -0.25) is 4.79 Å². The molecule has 0 amide bonds. The van der Waals surface area contributed by atoms with E-state index in [1.165, 1.54) is 9.75 Å². The summed E-state index contributed by atoms with van der Waals surface area (Å²) < 4.78 is 4.96. The number of phenolic OH excluding ortho intramolecular Hbond substituents is 1. The van der Waals surface area contributed by atoms with Crippen LogP contribution in [0.2, 0.25) is 0 Å². The van der Waals surface area contributed by atoms with E-state index in [2.05, 4.69) is 13.0 Å². The van der Waals surface area contributed by atoms with E-state index in [1.807, 2.05) is 19.1 Å². The van der Waals surface area contributed by atoms with E-state index in [4.69, 9.17) is 4.74 Å². The molecule has 4 heteroatoms. The van der Waals surface area contributed by atoms with Crippen molar-refractivity contribution in [3.05, 3.63) is 40.1 Å². The Morgan fingerprint density at radius 2 is 2.00 bits per heavy atom. The first kappa shape index (κ1) is 14.6. The second-order valence-electron chi connectivity index (χ2n) is 4.55. The van der Waals surface area contributed by atoms with Gasteiger partial charge >= 0.3 is 5.97 Å². The zero-order chi connectivity index (χ0) is 14.5. The number of carbonyl (C=O) groups excluding carboxylic acids is 1. The van der Waals surface area contributed by atoms with Gasteiger partial charge in [0.1, 0.15) is 5.75 Å². The molecule has 20 heavy (non-hydrogen) atoms. The average molecular weight is 290 g/mol. The van der Waals surface area contributed by atoms with Crippen LogP contribution in [0.3, 0.4) is 0 Å². The summed E-state index contributed by atoms with van der Waals surface area (Å²) in [6.07, 6.45) is 1.09. The highest BCUT2D eigenvalue weighted by atomic mass is 32.1. The summed E-state index contributed by atoms with van der Waals surface area (Å²) >= 11 is 1.70. The van der Waals surface area contributed by atoms with Crippen molar-refractivity contribution in [2.24, 2.45) is 0 Å². The molecule has 0 bridgehead atoms. The number of benzene rings is 1. The van der Waals surface area contributed by atoms with Crippen molar-refractivity contribution >= 4 is 17.3 Å². The Kier molecular flexibility index (Phi) is 4.79. The third-order valence-corrected chi connectivity index (χ3v) is 4.08.